The molecule has 0 aliphatic heterocycles. The van der Waals surface area contributed by atoms with Gasteiger partial charge in [-0.2, -0.15) is 0 Å². The van der Waals surface area contributed by atoms with Crippen LogP contribution in [0.5, 0.6) is 11.5 Å². The number of amides is 2. The van der Waals surface area contributed by atoms with Gasteiger partial charge in [0.25, 0.3) is 5.91 Å². The molecule has 4 aromatic rings. The number of hydrogen-bond donors (Lipinski definition) is 2. The fraction of sp³-hybridized carbons (Fsp3) is 0.148. The zero-order valence-electron chi connectivity index (χ0n) is 20.3. The van der Waals surface area contributed by atoms with Gasteiger partial charge in [0, 0.05) is 26.0 Å². The maximum Gasteiger partial charge on any atom is 0.263 e. The summed E-state index contributed by atoms with van der Waals surface area (Å²) in [6.45, 7) is 1.84. The highest BCUT2D eigenvalue weighted by molar-refractivity contribution is 9.10. The molecule has 4 rings (SSSR count). The largest absolute Gasteiger partial charge is 0.496 e. The Morgan fingerprint density at radius 1 is 0.946 bits per heavy atom. The van der Waals surface area contributed by atoms with Gasteiger partial charge in [0.05, 0.1) is 25.2 Å². The summed E-state index contributed by atoms with van der Waals surface area (Å²) in [5, 5.41) is 7.89. The van der Waals surface area contributed by atoms with Crippen molar-refractivity contribution < 1.29 is 19.1 Å². The summed E-state index contributed by atoms with van der Waals surface area (Å²) in [5.74, 6) is 0.372. The monoisotopic (exact) mass is 597 g/mol. The van der Waals surface area contributed by atoms with Crippen molar-refractivity contribution in [2.45, 2.75) is 17.1 Å². The molecule has 0 aliphatic rings. The Hall–Kier alpha value is -3.34. The summed E-state index contributed by atoms with van der Waals surface area (Å²) in [6, 6.07) is 20.3. The number of rotatable bonds is 9. The molecule has 3 aromatic carbocycles. The lowest BCUT2D eigenvalue weighted by Crippen LogP contribution is -2.22. The summed E-state index contributed by atoms with van der Waals surface area (Å²) in [4.78, 5) is 31.0. The van der Waals surface area contributed by atoms with E-state index in [9.17, 15) is 9.59 Å². The maximum atomic E-state index is 12.9. The van der Waals surface area contributed by atoms with E-state index in [0.717, 1.165) is 20.6 Å². The van der Waals surface area contributed by atoms with Gasteiger partial charge in [0.15, 0.2) is 5.13 Å². The Kier molecular flexibility index (Phi) is 8.86. The molecule has 2 N–H and O–H groups in total. The lowest BCUT2D eigenvalue weighted by Gasteiger charge is -2.14. The number of nitrogens with zero attached hydrogens (tertiary/aromatic N) is 1. The molecule has 0 spiro atoms. The van der Waals surface area contributed by atoms with Gasteiger partial charge >= 0.3 is 0 Å². The van der Waals surface area contributed by atoms with Crippen LogP contribution in [0.25, 0.3) is 11.3 Å². The number of ether oxygens (including phenoxy) is 2. The molecule has 190 valence electrons. The number of thioether (sulfide) groups is 1. The topological polar surface area (TPSA) is 89.5 Å². The van der Waals surface area contributed by atoms with E-state index in [0.29, 0.717) is 27.9 Å². The number of aromatic nitrogens is 1. The molecule has 1 unspecified atom stereocenters. The summed E-state index contributed by atoms with van der Waals surface area (Å²) in [5.41, 5.74) is 2.74. The van der Waals surface area contributed by atoms with Gasteiger partial charge in [-0.3, -0.25) is 9.59 Å². The average molecular weight is 599 g/mol. The molecule has 1 heterocycles. The van der Waals surface area contributed by atoms with Crippen LogP contribution >= 0.6 is 39.0 Å². The van der Waals surface area contributed by atoms with Crippen LogP contribution in [0.1, 0.15) is 17.3 Å². The number of halogens is 1. The number of carbonyl (C=O) groups excluding carboxylic acids is 2. The minimum atomic E-state index is -0.349. The van der Waals surface area contributed by atoms with Gasteiger partial charge in [-0.15, -0.1) is 23.1 Å². The second-order valence-corrected chi connectivity index (χ2v) is 11.0. The molecule has 10 heteroatoms. The van der Waals surface area contributed by atoms with Gasteiger partial charge in [-0.05, 0) is 55.5 Å². The molecular weight excluding hydrogens is 574 g/mol. The van der Waals surface area contributed by atoms with E-state index >= 15 is 0 Å². The molecule has 0 saturated carbocycles. The molecule has 1 aromatic heterocycles. The van der Waals surface area contributed by atoms with Gasteiger partial charge < -0.3 is 20.1 Å². The third-order valence-electron chi connectivity index (χ3n) is 5.32. The minimum Gasteiger partial charge on any atom is -0.496 e. The molecule has 0 fully saturated rings. The molecular formula is C27H24BrN3O4S2. The Bertz CT molecular complexity index is 1370. The zero-order chi connectivity index (χ0) is 26.4. The smallest absolute Gasteiger partial charge is 0.263 e. The van der Waals surface area contributed by atoms with E-state index in [4.69, 9.17) is 9.47 Å². The van der Waals surface area contributed by atoms with E-state index in [1.165, 1.54) is 37.3 Å². The number of anilines is 2. The predicted molar refractivity (Wildman–Crippen MR) is 153 cm³/mol. The van der Waals surface area contributed by atoms with Crippen molar-refractivity contribution in [3.8, 4) is 22.8 Å². The summed E-state index contributed by atoms with van der Waals surface area (Å²) >= 11 is 6.24. The number of benzene rings is 3. The first kappa shape index (κ1) is 26.7. The first-order valence-electron chi connectivity index (χ1n) is 11.2. The Morgan fingerprint density at radius 2 is 1.59 bits per heavy atom. The summed E-state index contributed by atoms with van der Waals surface area (Å²) in [6.07, 6.45) is 0. The second-order valence-electron chi connectivity index (χ2n) is 7.81. The number of thiazole rings is 1. The second kappa shape index (κ2) is 12.3. The first-order valence-corrected chi connectivity index (χ1v) is 13.7. The third kappa shape index (κ3) is 6.71. The standard InChI is InChI=1S/C27H24BrN3O4S2/c1-16(25(32)31-27-30-21(15-36-27)17-7-9-18(28)10-8-17)37-20-13-11-19(12-14-20)29-26(33)24-22(34-2)5-4-6-23(24)35-3/h4-16H,1-3H3,(H,29,33)(H,30,31,32). The van der Waals surface area contributed by atoms with Crippen molar-refractivity contribution >= 4 is 61.7 Å². The zero-order valence-corrected chi connectivity index (χ0v) is 23.5. The van der Waals surface area contributed by atoms with Crippen molar-refractivity contribution in [2.24, 2.45) is 0 Å². The molecule has 0 radical (unpaired) electrons. The van der Waals surface area contributed by atoms with E-state index in [2.05, 4.69) is 31.5 Å². The van der Waals surface area contributed by atoms with Crippen molar-refractivity contribution in [3.05, 3.63) is 82.1 Å². The van der Waals surface area contributed by atoms with Crippen molar-refractivity contribution in [3.63, 3.8) is 0 Å². The van der Waals surface area contributed by atoms with Crippen LogP contribution in [0.15, 0.2) is 81.5 Å². The highest BCUT2D eigenvalue weighted by Gasteiger charge is 2.19. The van der Waals surface area contributed by atoms with Crippen molar-refractivity contribution in [1.29, 1.82) is 0 Å². The van der Waals surface area contributed by atoms with Crippen LogP contribution in [-0.2, 0) is 4.79 Å². The van der Waals surface area contributed by atoms with Gasteiger partial charge in [0.1, 0.15) is 17.1 Å². The van der Waals surface area contributed by atoms with E-state index < -0.39 is 0 Å². The van der Waals surface area contributed by atoms with Crippen LogP contribution in [0.4, 0.5) is 10.8 Å². The van der Waals surface area contributed by atoms with Crippen LogP contribution in [-0.4, -0.2) is 36.3 Å². The SMILES string of the molecule is COc1cccc(OC)c1C(=O)Nc1ccc(SC(C)C(=O)Nc2nc(-c3ccc(Br)cc3)cs2)cc1. The average Bonchev–Trinajstić information content (AvgIpc) is 3.37. The van der Waals surface area contributed by atoms with Crippen LogP contribution < -0.4 is 20.1 Å². The third-order valence-corrected chi connectivity index (χ3v) is 7.72. The lowest BCUT2D eigenvalue weighted by molar-refractivity contribution is -0.115. The van der Waals surface area contributed by atoms with E-state index in [1.54, 1.807) is 30.3 Å². The van der Waals surface area contributed by atoms with Crippen LogP contribution in [0.2, 0.25) is 0 Å². The number of carbonyl (C=O) groups is 2. The Balaban J connectivity index is 1.35. The van der Waals surface area contributed by atoms with Crippen molar-refractivity contribution in [2.75, 3.05) is 24.9 Å². The quantitative estimate of drug-likeness (QED) is 0.203. The Morgan fingerprint density at radius 3 is 2.22 bits per heavy atom. The maximum absolute atomic E-state index is 12.9. The number of nitrogens with one attached hydrogen (secondary N) is 2. The molecule has 2 amide bonds. The molecule has 37 heavy (non-hydrogen) atoms. The number of hydrogen-bond acceptors (Lipinski definition) is 7. The highest BCUT2D eigenvalue weighted by Crippen LogP contribution is 2.31. The first-order chi connectivity index (χ1) is 17.9. The van der Waals surface area contributed by atoms with Crippen LogP contribution in [0.3, 0.4) is 0 Å². The van der Waals surface area contributed by atoms with Crippen LogP contribution in [0, 0.1) is 0 Å². The van der Waals surface area contributed by atoms with Gasteiger partial charge in [-0.1, -0.05) is 34.1 Å². The van der Waals surface area contributed by atoms with Gasteiger partial charge in [0.2, 0.25) is 5.91 Å². The molecule has 0 aliphatic carbocycles. The highest BCUT2D eigenvalue weighted by atomic mass is 79.9. The fourth-order valence-corrected chi connectivity index (χ4v) is 5.29. The van der Waals surface area contributed by atoms with Crippen molar-refractivity contribution in [1.82, 2.24) is 4.98 Å². The molecule has 0 saturated heterocycles. The minimum absolute atomic E-state index is 0.137. The van der Waals surface area contributed by atoms with E-state index in [1.807, 2.05) is 48.7 Å². The molecule has 7 nitrogen and oxygen atoms in total. The number of methoxy groups -OCH3 is 2. The molecule has 0 bridgehead atoms. The summed E-state index contributed by atoms with van der Waals surface area (Å²) in [7, 11) is 3.01. The Labute approximate surface area is 231 Å². The summed E-state index contributed by atoms with van der Waals surface area (Å²) < 4.78 is 11.6. The molecule has 1 atom stereocenters. The van der Waals surface area contributed by atoms with Gasteiger partial charge in [-0.25, -0.2) is 4.98 Å². The van der Waals surface area contributed by atoms with E-state index in [-0.39, 0.29) is 17.1 Å². The fourth-order valence-electron chi connectivity index (χ4n) is 3.43. The normalized spacial score (nSPS) is 11.5. The lowest BCUT2D eigenvalue weighted by atomic mass is 10.1. The predicted octanol–water partition coefficient (Wildman–Crippen LogP) is 6.96.